The van der Waals surface area contributed by atoms with Crippen molar-refractivity contribution >= 4 is 29.6 Å². The third-order valence-electron chi connectivity index (χ3n) is 4.59. The molecular formula is C23H23NO3. The number of nitrogens with one attached hydrogen (secondary N) is 1. The quantitative estimate of drug-likeness (QED) is 0.485. The van der Waals surface area contributed by atoms with E-state index in [2.05, 4.69) is 17.5 Å². The topological polar surface area (TPSA) is 66.4 Å². The van der Waals surface area contributed by atoms with Gasteiger partial charge in [-0.3, -0.25) is 9.59 Å². The van der Waals surface area contributed by atoms with E-state index in [1.807, 2.05) is 48.5 Å². The molecule has 0 saturated carbocycles. The number of carboxylic acid groups (broad SMARTS) is 1. The Morgan fingerprint density at radius 1 is 0.852 bits per heavy atom. The Morgan fingerprint density at radius 2 is 1.44 bits per heavy atom. The number of amides is 1. The van der Waals surface area contributed by atoms with Gasteiger partial charge in [0.25, 0.3) is 0 Å². The average Bonchev–Trinajstić information content (AvgIpc) is 2.82. The zero-order valence-corrected chi connectivity index (χ0v) is 15.2. The minimum absolute atomic E-state index is 0.130. The minimum atomic E-state index is -0.775. The number of rotatable bonds is 7. The molecule has 0 aliphatic heterocycles. The Bertz CT molecular complexity index is 845. The summed E-state index contributed by atoms with van der Waals surface area (Å²) in [4.78, 5) is 23.0. The molecule has 0 atom stereocenters. The van der Waals surface area contributed by atoms with Gasteiger partial charge in [-0.2, -0.15) is 0 Å². The fraction of sp³-hybridized carbons (Fsp3) is 0.217. The Kier molecular flexibility index (Phi) is 6.21. The largest absolute Gasteiger partial charge is 0.481 e. The molecule has 0 saturated heterocycles. The van der Waals surface area contributed by atoms with Crippen LogP contribution in [0.3, 0.4) is 0 Å². The molecule has 2 aromatic carbocycles. The van der Waals surface area contributed by atoms with Crippen LogP contribution in [-0.4, -0.2) is 23.5 Å². The summed E-state index contributed by atoms with van der Waals surface area (Å²) < 4.78 is 0. The molecule has 1 aliphatic carbocycles. The van der Waals surface area contributed by atoms with Crippen molar-refractivity contribution in [3.8, 4) is 0 Å². The number of aliphatic carboxylic acids is 1. The first kappa shape index (κ1) is 18.6. The van der Waals surface area contributed by atoms with E-state index in [1.54, 1.807) is 6.08 Å². The maximum atomic E-state index is 12.5. The van der Waals surface area contributed by atoms with Gasteiger partial charge >= 0.3 is 5.97 Å². The highest BCUT2D eigenvalue weighted by Gasteiger charge is 2.15. The Hall–Kier alpha value is -3.14. The van der Waals surface area contributed by atoms with Crippen molar-refractivity contribution in [1.82, 2.24) is 5.32 Å². The SMILES string of the molecule is O=C(O)CCCCCNC(=O)C=C1c2ccccc2C=Cc2ccccc21. The van der Waals surface area contributed by atoms with Crippen molar-refractivity contribution in [3.05, 3.63) is 76.9 Å². The first-order chi connectivity index (χ1) is 13.1. The molecule has 0 heterocycles. The van der Waals surface area contributed by atoms with Crippen molar-refractivity contribution < 1.29 is 14.7 Å². The predicted molar refractivity (Wildman–Crippen MR) is 108 cm³/mol. The summed E-state index contributed by atoms with van der Waals surface area (Å²) >= 11 is 0. The molecule has 0 fully saturated rings. The van der Waals surface area contributed by atoms with Gasteiger partial charge in [-0.1, -0.05) is 67.1 Å². The monoisotopic (exact) mass is 361 g/mol. The highest BCUT2D eigenvalue weighted by atomic mass is 16.4. The molecule has 1 amide bonds. The summed E-state index contributed by atoms with van der Waals surface area (Å²) in [6.07, 6.45) is 8.21. The van der Waals surface area contributed by atoms with E-state index in [9.17, 15) is 9.59 Å². The van der Waals surface area contributed by atoms with E-state index < -0.39 is 5.97 Å². The smallest absolute Gasteiger partial charge is 0.303 e. The van der Waals surface area contributed by atoms with Crippen LogP contribution in [-0.2, 0) is 9.59 Å². The van der Waals surface area contributed by atoms with Gasteiger partial charge in [-0.05, 0) is 40.7 Å². The van der Waals surface area contributed by atoms with Gasteiger partial charge in [-0.25, -0.2) is 0 Å². The molecule has 0 spiro atoms. The number of carbonyl (C=O) groups excluding carboxylic acids is 1. The number of carboxylic acids is 1. The predicted octanol–water partition coefficient (Wildman–Crippen LogP) is 4.36. The van der Waals surface area contributed by atoms with Gasteiger partial charge in [0.15, 0.2) is 0 Å². The molecule has 138 valence electrons. The van der Waals surface area contributed by atoms with Crippen LogP contribution in [0.15, 0.2) is 54.6 Å². The lowest BCUT2D eigenvalue weighted by molar-refractivity contribution is -0.137. The molecule has 3 rings (SSSR count). The second-order valence-corrected chi connectivity index (χ2v) is 6.56. The molecule has 0 aromatic heterocycles. The third kappa shape index (κ3) is 4.94. The Balaban J connectivity index is 1.74. The van der Waals surface area contributed by atoms with Crippen LogP contribution >= 0.6 is 0 Å². The van der Waals surface area contributed by atoms with Gasteiger partial charge in [0.05, 0.1) is 0 Å². The van der Waals surface area contributed by atoms with Crippen LogP contribution in [0.5, 0.6) is 0 Å². The minimum Gasteiger partial charge on any atom is -0.481 e. The molecule has 4 heteroatoms. The molecule has 0 radical (unpaired) electrons. The van der Waals surface area contributed by atoms with Gasteiger partial charge in [0.2, 0.25) is 5.91 Å². The van der Waals surface area contributed by atoms with Gasteiger partial charge in [-0.15, -0.1) is 0 Å². The van der Waals surface area contributed by atoms with Crippen LogP contribution in [0, 0.1) is 0 Å². The van der Waals surface area contributed by atoms with Gasteiger partial charge in [0.1, 0.15) is 0 Å². The van der Waals surface area contributed by atoms with Crippen LogP contribution in [0.4, 0.5) is 0 Å². The van der Waals surface area contributed by atoms with Gasteiger partial charge < -0.3 is 10.4 Å². The number of benzene rings is 2. The standard InChI is InChI=1S/C23H23NO3/c25-22(24-15-7-1-2-12-23(26)27)16-21-19-10-5-3-8-17(19)13-14-18-9-4-6-11-20(18)21/h3-6,8-11,13-14,16H,1-2,7,12,15H2,(H,24,25)(H,26,27). The Morgan fingerprint density at radius 3 is 2.04 bits per heavy atom. The van der Waals surface area contributed by atoms with Crippen LogP contribution in [0.25, 0.3) is 17.7 Å². The molecular weight excluding hydrogens is 338 g/mol. The van der Waals surface area contributed by atoms with Crippen molar-refractivity contribution in [2.24, 2.45) is 0 Å². The van der Waals surface area contributed by atoms with E-state index >= 15 is 0 Å². The van der Waals surface area contributed by atoms with Crippen molar-refractivity contribution in [1.29, 1.82) is 0 Å². The fourth-order valence-electron chi connectivity index (χ4n) is 3.23. The summed E-state index contributed by atoms with van der Waals surface area (Å²) in [5.41, 5.74) is 5.16. The zero-order valence-electron chi connectivity index (χ0n) is 15.2. The van der Waals surface area contributed by atoms with Crippen LogP contribution < -0.4 is 5.32 Å². The third-order valence-corrected chi connectivity index (χ3v) is 4.59. The van der Waals surface area contributed by atoms with E-state index in [0.29, 0.717) is 13.0 Å². The summed E-state index contributed by atoms with van der Waals surface area (Å²) in [5, 5.41) is 11.6. The zero-order chi connectivity index (χ0) is 19.1. The van der Waals surface area contributed by atoms with Crippen molar-refractivity contribution in [2.45, 2.75) is 25.7 Å². The first-order valence-electron chi connectivity index (χ1n) is 9.23. The summed E-state index contributed by atoms with van der Waals surface area (Å²) in [5.74, 6) is -0.905. The maximum Gasteiger partial charge on any atom is 0.303 e. The lowest BCUT2D eigenvalue weighted by atomic mass is 9.93. The second kappa shape index (κ2) is 8.99. The Labute approximate surface area is 159 Å². The normalized spacial score (nSPS) is 11.9. The molecule has 27 heavy (non-hydrogen) atoms. The number of carbonyl (C=O) groups is 2. The van der Waals surface area contributed by atoms with E-state index in [4.69, 9.17) is 5.11 Å². The lowest BCUT2D eigenvalue weighted by Gasteiger charge is -2.12. The number of hydrogen-bond acceptors (Lipinski definition) is 2. The number of fused-ring (bicyclic) bond motifs is 2. The average molecular weight is 361 g/mol. The molecule has 1 aliphatic rings. The van der Waals surface area contributed by atoms with Crippen LogP contribution in [0.2, 0.25) is 0 Å². The summed E-state index contributed by atoms with van der Waals surface area (Å²) in [6, 6.07) is 16.1. The van der Waals surface area contributed by atoms with Gasteiger partial charge in [0, 0.05) is 19.0 Å². The van der Waals surface area contributed by atoms with E-state index in [1.165, 1.54) is 0 Å². The fourth-order valence-corrected chi connectivity index (χ4v) is 3.23. The van der Waals surface area contributed by atoms with Crippen molar-refractivity contribution in [2.75, 3.05) is 6.54 Å². The number of unbranched alkanes of at least 4 members (excludes halogenated alkanes) is 2. The van der Waals surface area contributed by atoms with Crippen LogP contribution in [0.1, 0.15) is 47.9 Å². The summed E-state index contributed by atoms with van der Waals surface area (Å²) in [7, 11) is 0. The molecule has 4 nitrogen and oxygen atoms in total. The summed E-state index contributed by atoms with van der Waals surface area (Å²) in [6.45, 7) is 0.545. The second-order valence-electron chi connectivity index (χ2n) is 6.56. The highest BCUT2D eigenvalue weighted by molar-refractivity contribution is 6.03. The maximum absolute atomic E-state index is 12.5. The van der Waals surface area contributed by atoms with E-state index in [-0.39, 0.29) is 12.3 Å². The lowest BCUT2D eigenvalue weighted by Crippen LogP contribution is -2.22. The van der Waals surface area contributed by atoms with E-state index in [0.717, 1.165) is 40.7 Å². The van der Waals surface area contributed by atoms with Crippen molar-refractivity contribution in [3.63, 3.8) is 0 Å². The first-order valence-corrected chi connectivity index (χ1v) is 9.23. The number of hydrogen-bond donors (Lipinski definition) is 2. The molecule has 0 unspecified atom stereocenters. The molecule has 2 N–H and O–H groups in total. The highest BCUT2D eigenvalue weighted by Crippen LogP contribution is 2.33. The molecule has 2 aromatic rings. The molecule has 0 bridgehead atoms.